The molecule has 2 bridgehead atoms. The quantitative estimate of drug-likeness (QED) is 0.166. The first kappa shape index (κ1) is 40.1. The highest BCUT2D eigenvalue weighted by Crippen LogP contribution is 2.53. The summed E-state index contributed by atoms with van der Waals surface area (Å²) in [6.45, 7) is 19.4. The second-order valence-corrected chi connectivity index (χ2v) is 25.0. The van der Waals surface area contributed by atoms with Crippen LogP contribution in [0.5, 0.6) is 5.88 Å². The zero-order chi connectivity index (χ0) is 40.2. The summed E-state index contributed by atoms with van der Waals surface area (Å²) in [6, 6.07) is 18.3. The summed E-state index contributed by atoms with van der Waals surface area (Å²) in [7, 11) is -4.07. The molecule has 0 aliphatic carbocycles. The first-order chi connectivity index (χ1) is 26.6. The Morgan fingerprint density at radius 1 is 0.893 bits per heavy atom. The number of nitrogens with one attached hydrogen (secondary N) is 1. The number of amides is 2. The van der Waals surface area contributed by atoms with Gasteiger partial charge in [0.15, 0.2) is 23.5 Å². The van der Waals surface area contributed by atoms with Gasteiger partial charge in [-0.05, 0) is 46.4 Å². The summed E-state index contributed by atoms with van der Waals surface area (Å²) < 4.78 is 37.1. The fraction of sp³-hybridized carbons (Fsp3) is 0.513. The van der Waals surface area contributed by atoms with Crippen molar-refractivity contribution in [3.63, 3.8) is 0 Å². The van der Waals surface area contributed by atoms with Crippen LogP contribution in [0.1, 0.15) is 68.5 Å². The molecule has 3 aliphatic heterocycles. The summed E-state index contributed by atoms with van der Waals surface area (Å²) in [5.41, 5.74) is 1.14. The second-order valence-electron chi connectivity index (χ2n) is 16.2. The van der Waals surface area contributed by atoms with Crippen LogP contribution in [0.3, 0.4) is 0 Å². The molecule has 7 rings (SSSR count). The number of hydroxylamine groups is 2. The summed E-state index contributed by atoms with van der Waals surface area (Å²) in [5.74, 6) is -0.631. The molecule has 1 N–H and O–H groups in total. The van der Waals surface area contributed by atoms with Gasteiger partial charge >= 0.3 is 23.2 Å². The van der Waals surface area contributed by atoms with E-state index in [0.717, 1.165) is 0 Å². The number of carbonyl (C=O) groups excluding carboxylic acids is 2. The molecule has 0 saturated carbocycles. The number of likely N-dealkylation sites (N-methyl/N-ethyl adjacent to an activating group) is 1. The van der Waals surface area contributed by atoms with Gasteiger partial charge < -0.3 is 22.4 Å². The van der Waals surface area contributed by atoms with E-state index in [2.05, 4.69) is 70.7 Å². The smallest absolute Gasteiger partial charge is 0.414 e. The Morgan fingerprint density at radius 2 is 1.48 bits per heavy atom. The van der Waals surface area contributed by atoms with Crippen LogP contribution in [-0.4, -0.2) is 91.7 Å². The minimum Gasteiger partial charge on any atom is -0.414 e. The van der Waals surface area contributed by atoms with E-state index >= 15 is 0 Å². The fourth-order valence-corrected chi connectivity index (χ4v) is 19.7. The number of para-hydroxylation sites is 2. The van der Waals surface area contributed by atoms with Crippen LogP contribution < -0.4 is 15.0 Å². The van der Waals surface area contributed by atoms with Crippen LogP contribution in [0, 0.1) is 0 Å². The van der Waals surface area contributed by atoms with Crippen molar-refractivity contribution < 1.29 is 36.9 Å². The van der Waals surface area contributed by atoms with Crippen LogP contribution in [0.25, 0.3) is 11.2 Å². The van der Waals surface area contributed by atoms with E-state index < -0.39 is 53.2 Å². The molecule has 17 heteroatoms. The Balaban J connectivity index is 1.33. The number of hydrogen-bond donors (Lipinski definition) is 1. The summed E-state index contributed by atoms with van der Waals surface area (Å²) >= 11 is 0. The molecule has 2 aromatic carbocycles. The van der Waals surface area contributed by atoms with Crippen molar-refractivity contribution in [2.45, 2.75) is 109 Å². The predicted molar refractivity (Wildman–Crippen MR) is 215 cm³/mol. The predicted octanol–water partition coefficient (Wildman–Crippen LogP) is 7.59. The Hall–Kier alpha value is -4.08. The molecular weight excluding hydrogens is 751 g/mol. The van der Waals surface area contributed by atoms with Crippen molar-refractivity contribution in [3.05, 3.63) is 67.0 Å². The lowest BCUT2D eigenvalue weighted by molar-refractivity contribution is -0.257. The Bertz CT molecular complexity index is 2000. The molecule has 0 spiro atoms. The fourth-order valence-electron chi connectivity index (χ4n) is 8.38. The van der Waals surface area contributed by atoms with Crippen molar-refractivity contribution in [2.75, 3.05) is 30.4 Å². The molecule has 2 amide bonds. The lowest BCUT2D eigenvalue weighted by Gasteiger charge is -2.55. The first-order valence-electron chi connectivity index (χ1n) is 19.3. The summed E-state index contributed by atoms with van der Waals surface area (Å²) in [4.78, 5) is 48.4. The van der Waals surface area contributed by atoms with E-state index in [1.54, 1.807) is 40.2 Å². The Morgan fingerprint density at radius 3 is 2.04 bits per heavy atom. The lowest BCUT2D eigenvalue weighted by atomic mass is 9.94. The van der Waals surface area contributed by atoms with Gasteiger partial charge in [0, 0.05) is 14.0 Å². The number of ether oxygens (including phenoxy) is 2. The van der Waals surface area contributed by atoms with Gasteiger partial charge in [-0.25, -0.2) is 14.7 Å². The summed E-state index contributed by atoms with van der Waals surface area (Å²) in [6.07, 6.45) is -1.23. The average Bonchev–Trinajstić information content (AvgIpc) is 3.62. The van der Waals surface area contributed by atoms with Crippen molar-refractivity contribution in [1.29, 1.82) is 0 Å². The zero-order valence-corrected chi connectivity index (χ0v) is 35.8. The Labute approximate surface area is 330 Å². The molecule has 0 radical (unpaired) electrons. The number of benzene rings is 2. The molecule has 3 fully saturated rings. The van der Waals surface area contributed by atoms with Gasteiger partial charge in [0.25, 0.3) is 5.88 Å². The number of fused-ring (bicyclic) bond motifs is 1. The maximum Gasteiger partial charge on any atom is 0.425 e. The van der Waals surface area contributed by atoms with E-state index in [4.69, 9.17) is 32.3 Å². The van der Waals surface area contributed by atoms with Gasteiger partial charge in [-0.2, -0.15) is 15.0 Å². The molecule has 5 heterocycles. The van der Waals surface area contributed by atoms with Crippen LogP contribution in [-0.2, 0) is 27.3 Å². The van der Waals surface area contributed by atoms with Gasteiger partial charge in [-0.1, -0.05) is 91.8 Å². The lowest BCUT2D eigenvalue weighted by Crippen LogP contribution is -2.71. The van der Waals surface area contributed by atoms with Gasteiger partial charge in [0.05, 0.1) is 30.9 Å². The highest BCUT2D eigenvalue weighted by Gasteiger charge is 2.68. The monoisotopic (exact) mass is 803 g/mol. The first-order valence-corrected chi connectivity index (χ1v) is 23.3. The molecule has 4 aromatic rings. The molecule has 4 atom stereocenters. The van der Waals surface area contributed by atoms with Crippen LogP contribution in [0.2, 0.25) is 22.2 Å². The van der Waals surface area contributed by atoms with E-state index in [1.807, 2.05) is 43.4 Å². The number of carbonyl (C=O) groups is 2. The van der Waals surface area contributed by atoms with E-state index in [-0.39, 0.29) is 51.8 Å². The van der Waals surface area contributed by atoms with Crippen molar-refractivity contribution >= 4 is 57.6 Å². The van der Waals surface area contributed by atoms with Crippen LogP contribution >= 0.6 is 0 Å². The molecule has 56 heavy (non-hydrogen) atoms. The largest absolute Gasteiger partial charge is 0.425 e. The number of rotatable bonds is 9. The van der Waals surface area contributed by atoms with E-state index in [9.17, 15) is 9.59 Å². The summed E-state index contributed by atoms with van der Waals surface area (Å²) in [5, 5.41) is 4.44. The molecular formula is C39H53N7O8Si2. The van der Waals surface area contributed by atoms with E-state index in [1.165, 1.54) is 11.8 Å². The maximum absolute atomic E-state index is 14.1. The molecule has 300 valence electrons. The topological polar surface area (TPSA) is 152 Å². The van der Waals surface area contributed by atoms with Crippen LogP contribution in [0.15, 0.2) is 67.0 Å². The van der Waals surface area contributed by atoms with Gasteiger partial charge in [-0.15, -0.1) is 0 Å². The minimum atomic E-state index is -3.05. The molecule has 2 aromatic heterocycles. The van der Waals surface area contributed by atoms with Crippen molar-refractivity contribution in [1.82, 2.24) is 24.6 Å². The minimum absolute atomic E-state index is 0.0765. The second kappa shape index (κ2) is 15.4. The molecule has 3 aliphatic rings. The van der Waals surface area contributed by atoms with Gasteiger partial charge in [-0.3, -0.25) is 19.5 Å². The highest BCUT2D eigenvalue weighted by molar-refractivity contribution is 6.84. The number of aromatic nitrogens is 4. The number of imidazole rings is 1. The zero-order valence-electron chi connectivity index (χ0n) is 33.8. The molecule has 15 nitrogen and oxygen atoms in total. The normalized spacial score (nSPS) is 24.6. The highest BCUT2D eigenvalue weighted by atomic mass is 28.5. The maximum atomic E-state index is 14.1. The van der Waals surface area contributed by atoms with E-state index in [0.29, 0.717) is 17.9 Å². The Kier molecular flexibility index (Phi) is 11.0. The third-order valence-electron chi connectivity index (χ3n) is 11.0. The molecule has 1 unspecified atom stereocenters. The van der Waals surface area contributed by atoms with Crippen LogP contribution in [0.4, 0.5) is 22.1 Å². The SMILES string of the molecule is CC(=O)Nc1nc(OC(=O)N(c2ccccc2)c2ccccc2)c2ncn([C@@H]3O[C@]45CO[Si](C(C)C)(C(C)C)O[Si](C(C)C)(C(C)C)O[C@@H]4C3ON(C)C5)c2n1. The van der Waals surface area contributed by atoms with Gasteiger partial charge in [0.2, 0.25) is 11.9 Å². The third kappa shape index (κ3) is 6.97. The third-order valence-corrected chi connectivity index (χ3v) is 21.2. The van der Waals surface area contributed by atoms with Crippen molar-refractivity contribution in [3.8, 4) is 5.88 Å². The standard InChI is InChI=1S/C39H53N7O8Si2/c1-24(2)55(25(3)4)49-22-39-21-44(10)52-32(33(39)53-56(54-55,26(5)6)27(7)8)36(51-39)45-23-40-31-34(45)42-37(41-28(9)47)43-35(31)50-38(48)46(29-17-13-11-14-18-29)30-19-15-12-16-20-30/h11-20,23-27,32-33,36H,21-22H2,1-10H3,(H,41,42,43,47)/t32?,33-,36-,39-/m1/s1. The average molecular weight is 804 g/mol. The number of hydrogen-bond acceptors (Lipinski definition) is 12. The van der Waals surface area contributed by atoms with Gasteiger partial charge in [0.1, 0.15) is 11.7 Å². The number of nitrogens with zero attached hydrogens (tertiary/aromatic N) is 6. The van der Waals surface area contributed by atoms with Crippen molar-refractivity contribution in [2.24, 2.45) is 0 Å². The molecule has 3 saturated heterocycles. The number of anilines is 3.